The first-order valence-electron chi connectivity index (χ1n) is 8.38. The zero-order valence-corrected chi connectivity index (χ0v) is 14.0. The minimum Gasteiger partial charge on any atom is -0.461 e. The van der Waals surface area contributed by atoms with Crippen molar-refractivity contribution in [1.82, 2.24) is 19.7 Å². The number of esters is 1. The molecule has 3 aromatic rings. The van der Waals surface area contributed by atoms with Gasteiger partial charge in [0, 0.05) is 11.8 Å². The molecule has 6 nitrogen and oxygen atoms in total. The SMILES string of the molecule is CCOC(=O)c1nn(Cc2ccccc2)c2c1CCc1cncnc1-2. The van der Waals surface area contributed by atoms with Gasteiger partial charge in [0.25, 0.3) is 0 Å². The Hall–Kier alpha value is -3.02. The second-order valence-electron chi connectivity index (χ2n) is 5.94. The van der Waals surface area contributed by atoms with Crippen LogP contribution in [0.25, 0.3) is 11.4 Å². The van der Waals surface area contributed by atoms with Crippen LogP contribution in [0, 0.1) is 0 Å². The Morgan fingerprint density at radius 1 is 1.24 bits per heavy atom. The minimum atomic E-state index is -0.372. The first kappa shape index (κ1) is 15.5. The maximum atomic E-state index is 12.4. The van der Waals surface area contributed by atoms with Crippen molar-refractivity contribution in [2.75, 3.05) is 6.61 Å². The topological polar surface area (TPSA) is 69.9 Å². The highest BCUT2D eigenvalue weighted by Crippen LogP contribution is 2.34. The highest BCUT2D eigenvalue weighted by molar-refractivity contribution is 5.91. The molecule has 1 aliphatic rings. The number of ether oxygens (including phenoxy) is 1. The molecule has 0 unspecified atom stereocenters. The van der Waals surface area contributed by atoms with Crippen LogP contribution in [0.4, 0.5) is 0 Å². The lowest BCUT2D eigenvalue weighted by Crippen LogP contribution is -2.12. The fourth-order valence-electron chi connectivity index (χ4n) is 3.25. The molecule has 6 heteroatoms. The largest absolute Gasteiger partial charge is 0.461 e. The molecule has 1 aromatic carbocycles. The molecule has 2 heterocycles. The van der Waals surface area contributed by atoms with Gasteiger partial charge in [-0.2, -0.15) is 5.10 Å². The molecule has 0 fully saturated rings. The van der Waals surface area contributed by atoms with Crippen LogP contribution in [0.3, 0.4) is 0 Å². The first-order chi connectivity index (χ1) is 12.3. The van der Waals surface area contributed by atoms with E-state index in [1.54, 1.807) is 6.92 Å². The van der Waals surface area contributed by atoms with Gasteiger partial charge in [0.15, 0.2) is 5.69 Å². The van der Waals surface area contributed by atoms with Gasteiger partial charge in [0.2, 0.25) is 0 Å². The number of aryl methyl sites for hydroxylation is 1. The third-order valence-corrected chi connectivity index (χ3v) is 4.35. The van der Waals surface area contributed by atoms with Crippen molar-refractivity contribution < 1.29 is 9.53 Å². The fraction of sp³-hybridized carbons (Fsp3) is 0.263. The van der Waals surface area contributed by atoms with Crippen molar-refractivity contribution in [2.45, 2.75) is 26.3 Å². The number of rotatable bonds is 4. The van der Waals surface area contributed by atoms with Crippen LogP contribution in [-0.2, 0) is 24.1 Å². The molecular formula is C19H18N4O2. The summed E-state index contributed by atoms with van der Waals surface area (Å²) >= 11 is 0. The molecule has 0 saturated heterocycles. The molecular weight excluding hydrogens is 316 g/mol. The normalized spacial score (nSPS) is 12.4. The van der Waals surface area contributed by atoms with Crippen LogP contribution in [0.1, 0.15) is 34.1 Å². The standard InChI is InChI=1S/C19H18N4O2/c1-2-25-19(24)17-15-9-8-14-10-20-12-21-16(14)18(15)23(22-17)11-13-6-4-3-5-7-13/h3-7,10,12H,2,8-9,11H2,1H3. The van der Waals surface area contributed by atoms with E-state index in [2.05, 4.69) is 15.1 Å². The number of aromatic nitrogens is 4. The summed E-state index contributed by atoms with van der Waals surface area (Å²) in [6.07, 6.45) is 4.91. The van der Waals surface area contributed by atoms with E-state index < -0.39 is 0 Å². The number of carbonyl (C=O) groups excluding carboxylic acids is 1. The van der Waals surface area contributed by atoms with E-state index in [1.165, 1.54) is 6.33 Å². The third kappa shape index (κ3) is 2.80. The van der Waals surface area contributed by atoms with Crippen molar-refractivity contribution in [3.05, 3.63) is 65.2 Å². The van der Waals surface area contributed by atoms with Crippen LogP contribution < -0.4 is 0 Å². The summed E-state index contributed by atoms with van der Waals surface area (Å²) in [6, 6.07) is 10.1. The molecule has 25 heavy (non-hydrogen) atoms. The Balaban J connectivity index is 1.85. The van der Waals surface area contributed by atoms with E-state index in [4.69, 9.17) is 4.74 Å². The van der Waals surface area contributed by atoms with Gasteiger partial charge in [0.05, 0.1) is 24.5 Å². The second kappa shape index (κ2) is 6.47. The summed E-state index contributed by atoms with van der Waals surface area (Å²) in [7, 11) is 0. The zero-order chi connectivity index (χ0) is 17.2. The minimum absolute atomic E-state index is 0.331. The average molecular weight is 334 g/mol. The summed E-state index contributed by atoms with van der Waals surface area (Å²) in [5.74, 6) is -0.372. The summed E-state index contributed by atoms with van der Waals surface area (Å²) in [4.78, 5) is 20.9. The third-order valence-electron chi connectivity index (χ3n) is 4.35. The van der Waals surface area contributed by atoms with Crippen LogP contribution in [0.15, 0.2) is 42.9 Å². The number of hydrogen-bond donors (Lipinski definition) is 0. The highest BCUT2D eigenvalue weighted by atomic mass is 16.5. The predicted molar refractivity (Wildman–Crippen MR) is 92.2 cm³/mol. The van der Waals surface area contributed by atoms with Gasteiger partial charge >= 0.3 is 5.97 Å². The quantitative estimate of drug-likeness (QED) is 0.686. The van der Waals surface area contributed by atoms with Crippen LogP contribution in [0.5, 0.6) is 0 Å². The number of carbonyl (C=O) groups is 1. The molecule has 0 radical (unpaired) electrons. The first-order valence-corrected chi connectivity index (χ1v) is 8.38. The second-order valence-corrected chi connectivity index (χ2v) is 5.94. The van der Waals surface area contributed by atoms with Gasteiger partial charge < -0.3 is 4.74 Å². The van der Waals surface area contributed by atoms with Gasteiger partial charge in [-0.1, -0.05) is 30.3 Å². The van der Waals surface area contributed by atoms with Crippen LogP contribution in [0.2, 0.25) is 0 Å². The Labute approximate surface area is 145 Å². The summed E-state index contributed by atoms with van der Waals surface area (Å²) in [5.41, 5.74) is 5.27. The predicted octanol–water partition coefficient (Wildman–Crippen LogP) is 2.66. The van der Waals surface area contributed by atoms with Crippen molar-refractivity contribution >= 4 is 5.97 Å². The molecule has 0 saturated carbocycles. The Kier molecular flexibility index (Phi) is 4.01. The maximum Gasteiger partial charge on any atom is 0.359 e. The number of hydrogen-bond acceptors (Lipinski definition) is 5. The van der Waals surface area contributed by atoms with Gasteiger partial charge in [-0.15, -0.1) is 0 Å². The van der Waals surface area contributed by atoms with Crippen LogP contribution >= 0.6 is 0 Å². The molecule has 1 aliphatic carbocycles. The lowest BCUT2D eigenvalue weighted by atomic mass is 9.93. The van der Waals surface area contributed by atoms with E-state index >= 15 is 0 Å². The van der Waals surface area contributed by atoms with Crippen molar-refractivity contribution in [2.24, 2.45) is 0 Å². The van der Waals surface area contributed by atoms with E-state index in [9.17, 15) is 4.79 Å². The number of benzene rings is 1. The van der Waals surface area contributed by atoms with Gasteiger partial charge in [-0.25, -0.2) is 14.8 Å². The molecule has 0 bridgehead atoms. The summed E-state index contributed by atoms with van der Waals surface area (Å²) in [6.45, 7) is 2.71. The molecule has 0 N–H and O–H groups in total. The maximum absolute atomic E-state index is 12.4. The molecule has 2 aromatic heterocycles. The van der Waals surface area contributed by atoms with E-state index in [-0.39, 0.29) is 5.97 Å². The van der Waals surface area contributed by atoms with Crippen molar-refractivity contribution in [3.8, 4) is 11.4 Å². The Bertz CT molecular complexity index is 918. The molecule has 0 aliphatic heterocycles. The monoisotopic (exact) mass is 334 g/mol. The molecule has 0 amide bonds. The zero-order valence-electron chi connectivity index (χ0n) is 14.0. The van der Waals surface area contributed by atoms with Gasteiger partial charge in [-0.3, -0.25) is 4.68 Å². The fourth-order valence-corrected chi connectivity index (χ4v) is 3.25. The van der Waals surface area contributed by atoms with Gasteiger partial charge in [-0.05, 0) is 30.9 Å². The van der Waals surface area contributed by atoms with E-state index in [0.29, 0.717) is 18.8 Å². The lowest BCUT2D eigenvalue weighted by molar-refractivity contribution is 0.0517. The average Bonchev–Trinajstić information content (AvgIpc) is 3.02. The smallest absolute Gasteiger partial charge is 0.359 e. The molecule has 0 atom stereocenters. The van der Waals surface area contributed by atoms with Gasteiger partial charge in [0.1, 0.15) is 6.33 Å². The molecule has 126 valence electrons. The summed E-state index contributed by atoms with van der Waals surface area (Å²) < 4.78 is 7.06. The highest BCUT2D eigenvalue weighted by Gasteiger charge is 2.29. The van der Waals surface area contributed by atoms with E-state index in [1.807, 2.05) is 41.2 Å². The molecule has 0 spiro atoms. The number of nitrogens with zero attached hydrogens (tertiary/aromatic N) is 4. The Morgan fingerprint density at radius 2 is 2.08 bits per heavy atom. The lowest BCUT2D eigenvalue weighted by Gasteiger charge is -2.17. The Morgan fingerprint density at radius 3 is 2.88 bits per heavy atom. The van der Waals surface area contributed by atoms with Crippen molar-refractivity contribution in [1.29, 1.82) is 0 Å². The molecule has 4 rings (SSSR count). The van der Waals surface area contributed by atoms with Crippen molar-refractivity contribution in [3.63, 3.8) is 0 Å². The number of fused-ring (bicyclic) bond motifs is 3. The summed E-state index contributed by atoms with van der Waals surface area (Å²) in [5, 5.41) is 4.59. The van der Waals surface area contributed by atoms with Crippen LogP contribution in [-0.4, -0.2) is 32.3 Å². The van der Waals surface area contributed by atoms with E-state index in [0.717, 1.165) is 40.9 Å².